The Labute approximate surface area is 122 Å². The molecule has 0 unspecified atom stereocenters. The molecule has 1 aromatic carbocycles. The Morgan fingerprint density at radius 1 is 1.14 bits per heavy atom. The number of ether oxygens (including phenoxy) is 2. The number of aromatic nitrogens is 3. The fourth-order valence-corrected chi connectivity index (χ4v) is 1.69. The van der Waals surface area contributed by atoms with Crippen LogP contribution in [0.25, 0.3) is 0 Å². The summed E-state index contributed by atoms with van der Waals surface area (Å²) in [7, 11) is 0. The third-order valence-corrected chi connectivity index (χ3v) is 2.60. The Kier molecular flexibility index (Phi) is 5.28. The van der Waals surface area contributed by atoms with Gasteiger partial charge in [-0.25, -0.2) is 0 Å². The van der Waals surface area contributed by atoms with E-state index < -0.39 is 0 Å². The number of nitrogens with zero attached hydrogens (tertiary/aromatic N) is 3. The smallest absolute Gasteiger partial charge is 0.330 e. The van der Waals surface area contributed by atoms with Gasteiger partial charge in [0.1, 0.15) is 5.75 Å². The molecule has 0 fully saturated rings. The Morgan fingerprint density at radius 3 is 2.67 bits per heavy atom. The molecule has 0 aliphatic rings. The van der Waals surface area contributed by atoms with Crippen LogP contribution in [0.5, 0.6) is 17.8 Å². The van der Waals surface area contributed by atoms with Crippen molar-refractivity contribution in [2.24, 2.45) is 0 Å². The first kappa shape index (κ1) is 15.0. The lowest BCUT2D eigenvalue weighted by molar-refractivity contribution is 0.284. The highest BCUT2D eigenvalue weighted by molar-refractivity contribution is 5.36. The lowest BCUT2D eigenvalue weighted by Crippen LogP contribution is -2.06. The predicted molar refractivity (Wildman–Crippen MR) is 77.3 cm³/mol. The summed E-state index contributed by atoms with van der Waals surface area (Å²) in [6, 6.07) is 7.55. The van der Waals surface area contributed by atoms with Gasteiger partial charge in [-0.05, 0) is 24.5 Å². The molecule has 0 radical (unpaired) electrons. The van der Waals surface area contributed by atoms with Gasteiger partial charge in [0.15, 0.2) is 0 Å². The van der Waals surface area contributed by atoms with Crippen LogP contribution in [0.15, 0.2) is 24.3 Å². The Morgan fingerprint density at radius 2 is 1.90 bits per heavy atom. The van der Waals surface area contributed by atoms with E-state index in [9.17, 15) is 0 Å². The molecule has 0 aliphatic heterocycles. The third kappa shape index (κ3) is 4.28. The monoisotopic (exact) mass is 290 g/mol. The number of nitrogen functional groups attached to an aromatic ring is 1. The highest BCUT2D eigenvalue weighted by Gasteiger charge is 2.10. The number of nitrogens with two attached hydrogens (primary N) is 1. The molecule has 7 heteroatoms. The van der Waals surface area contributed by atoms with E-state index in [1.165, 1.54) is 0 Å². The molecule has 21 heavy (non-hydrogen) atoms. The maximum Gasteiger partial charge on any atom is 0.330 e. The molecule has 0 spiro atoms. The Balaban J connectivity index is 2.21. The van der Waals surface area contributed by atoms with Crippen molar-refractivity contribution in [3.63, 3.8) is 0 Å². The molecular formula is C14H18N4O3. The van der Waals surface area contributed by atoms with Crippen molar-refractivity contribution >= 4 is 5.95 Å². The molecule has 0 saturated heterocycles. The number of rotatable bonds is 7. The molecule has 1 heterocycles. The van der Waals surface area contributed by atoms with E-state index in [1.807, 2.05) is 25.1 Å². The first-order valence-corrected chi connectivity index (χ1v) is 6.74. The van der Waals surface area contributed by atoms with E-state index >= 15 is 0 Å². The van der Waals surface area contributed by atoms with Gasteiger partial charge in [0.05, 0.1) is 6.61 Å². The highest BCUT2D eigenvalue weighted by Crippen LogP contribution is 2.24. The molecule has 2 rings (SSSR count). The van der Waals surface area contributed by atoms with Crippen LogP contribution in [0.3, 0.4) is 0 Å². The maximum atomic E-state index is 9.06. The first-order chi connectivity index (χ1) is 10.2. The van der Waals surface area contributed by atoms with Crippen LogP contribution < -0.4 is 15.2 Å². The fraction of sp³-hybridized carbons (Fsp3) is 0.357. The average Bonchev–Trinajstić information content (AvgIpc) is 2.47. The van der Waals surface area contributed by atoms with Crippen molar-refractivity contribution in [3.8, 4) is 17.8 Å². The number of hydrogen-bond donors (Lipinski definition) is 2. The van der Waals surface area contributed by atoms with Crippen molar-refractivity contribution < 1.29 is 14.6 Å². The number of aliphatic hydroxyl groups excluding tert-OH is 1. The maximum absolute atomic E-state index is 9.06. The van der Waals surface area contributed by atoms with Crippen molar-refractivity contribution in [2.45, 2.75) is 19.8 Å². The molecule has 3 N–H and O–H groups in total. The summed E-state index contributed by atoms with van der Waals surface area (Å²) in [5, 5.41) is 9.06. The normalized spacial score (nSPS) is 10.4. The SMILES string of the molecule is CCCOc1nc(N)nc(Oc2ccccc2CCO)n1. The summed E-state index contributed by atoms with van der Waals surface area (Å²) < 4.78 is 11.0. The number of anilines is 1. The van der Waals surface area contributed by atoms with Gasteiger partial charge in [-0.1, -0.05) is 25.1 Å². The first-order valence-electron chi connectivity index (χ1n) is 6.74. The molecule has 112 valence electrons. The molecule has 1 aromatic heterocycles. The van der Waals surface area contributed by atoms with Crippen LogP contribution in [-0.2, 0) is 6.42 Å². The summed E-state index contributed by atoms with van der Waals surface area (Å²) in [5.41, 5.74) is 6.48. The molecule has 0 aliphatic carbocycles. The van der Waals surface area contributed by atoms with Gasteiger partial charge >= 0.3 is 12.0 Å². The van der Waals surface area contributed by atoms with E-state index in [0.717, 1.165) is 12.0 Å². The predicted octanol–water partition coefficient (Wildman–Crippen LogP) is 1.57. The standard InChI is InChI=1S/C14H18N4O3/c1-2-9-20-13-16-12(15)17-14(18-13)21-11-6-4-3-5-10(11)7-8-19/h3-6,19H,2,7-9H2,1H3,(H2,15,16,17,18). The minimum absolute atomic E-state index is 0.0323. The van der Waals surface area contributed by atoms with E-state index in [2.05, 4.69) is 15.0 Å². The molecular weight excluding hydrogens is 272 g/mol. The van der Waals surface area contributed by atoms with Crippen LogP contribution in [0.1, 0.15) is 18.9 Å². The summed E-state index contributed by atoms with van der Waals surface area (Å²) in [6.07, 6.45) is 1.32. The zero-order chi connectivity index (χ0) is 15.1. The fourth-order valence-electron chi connectivity index (χ4n) is 1.69. The summed E-state index contributed by atoms with van der Waals surface area (Å²) in [5.74, 6) is 0.601. The second-order valence-electron chi connectivity index (χ2n) is 4.29. The van der Waals surface area contributed by atoms with Crippen LogP contribution in [0.2, 0.25) is 0 Å². The number of aliphatic hydroxyl groups is 1. The summed E-state index contributed by atoms with van der Waals surface area (Å²) in [6.45, 7) is 2.50. The molecule has 0 amide bonds. The van der Waals surface area contributed by atoms with Crippen molar-refractivity contribution in [3.05, 3.63) is 29.8 Å². The zero-order valence-corrected chi connectivity index (χ0v) is 11.8. The molecule has 0 atom stereocenters. The quantitative estimate of drug-likeness (QED) is 0.797. The van der Waals surface area contributed by atoms with Crippen LogP contribution in [-0.4, -0.2) is 33.3 Å². The van der Waals surface area contributed by atoms with Crippen molar-refractivity contribution in [2.75, 3.05) is 18.9 Å². The second kappa shape index (κ2) is 7.39. The minimum atomic E-state index is 0.0323. The van der Waals surface area contributed by atoms with Crippen LogP contribution in [0, 0.1) is 0 Å². The van der Waals surface area contributed by atoms with E-state index in [4.69, 9.17) is 20.3 Å². The lowest BCUT2D eigenvalue weighted by atomic mass is 10.1. The Bertz CT molecular complexity index is 592. The zero-order valence-electron chi connectivity index (χ0n) is 11.8. The number of benzene rings is 1. The van der Waals surface area contributed by atoms with E-state index in [-0.39, 0.29) is 24.6 Å². The van der Waals surface area contributed by atoms with Gasteiger partial charge in [-0.3, -0.25) is 0 Å². The third-order valence-electron chi connectivity index (χ3n) is 2.60. The van der Waals surface area contributed by atoms with E-state index in [1.54, 1.807) is 6.07 Å². The molecule has 2 aromatic rings. The van der Waals surface area contributed by atoms with Gasteiger partial charge < -0.3 is 20.3 Å². The van der Waals surface area contributed by atoms with Gasteiger partial charge in [-0.2, -0.15) is 9.97 Å². The van der Waals surface area contributed by atoms with Gasteiger partial charge in [0.25, 0.3) is 0 Å². The summed E-state index contributed by atoms with van der Waals surface area (Å²) in [4.78, 5) is 11.9. The Hall–Kier alpha value is -2.41. The highest BCUT2D eigenvalue weighted by atomic mass is 16.5. The number of para-hydroxylation sites is 1. The molecule has 7 nitrogen and oxygen atoms in total. The van der Waals surface area contributed by atoms with Gasteiger partial charge in [0.2, 0.25) is 5.95 Å². The van der Waals surface area contributed by atoms with E-state index in [0.29, 0.717) is 18.8 Å². The van der Waals surface area contributed by atoms with Gasteiger partial charge in [-0.15, -0.1) is 4.98 Å². The molecule has 0 saturated carbocycles. The summed E-state index contributed by atoms with van der Waals surface area (Å²) >= 11 is 0. The van der Waals surface area contributed by atoms with Gasteiger partial charge in [0, 0.05) is 6.61 Å². The second-order valence-corrected chi connectivity index (χ2v) is 4.29. The van der Waals surface area contributed by atoms with Crippen LogP contribution in [0.4, 0.5) is 5.95 Å². The molecule has 0 bridgehead atoms. The lowest BCUT2D eigenvalue weighted by Gasteiger charge is -2.10. The topological polar surface area (TPSA) is 103 Å². The van der Waals surface area contributed by atoms with Crippen molar-refractivity contribution in [1.29, 1.82) is 0 Å². The van der Waals surface area contributed by atoms with Crippen molar-refractivity contribution in [1.82, 2.24) is 15.0 Å². The number of hydrogen-bond acceptors (Lipinski definition) is 7. The van der Waals surface area contributed by atoms with Crippen LogP contribution >= 0.6 is 0 Å². The average molecular weight is 290 g/mol. The minimum Gasteiger partial charge on any atom is -0.463 e. The largest absolute Gasteiger partial charge is 0.463 e.